The lowest BCUT2D eigenvalue weighted by atomic mass is 10.1. The molecule has 1 aromatic heterocycles. The maximum atomic E-state index is 12.9. The van der Waals surface area contributed by atoms with Crippen LogP contribution in [0.1, 0.15) is 43.0 Å². The molecule has 1 heterocycles. The minimum atomic E-state index is -0.202. The second kappa shape index (κ2) is 7.09. The van der Waals surface area contributed by atoms with Crippen LogP contribution in [-0.2, 0) is 12.3 Å². The van der Waals surface area contributed by atoms with Crippen LogP contribution in [0.15, 0.2) is 42.1 Å². The normalized spacial score (nSPS) is 15.3. The number of thioether (sulfide) groups is 1. The van der Waals surface area contributed by atoms with Gasteiger partial charge in [-0.05, 0) is 30.5 Å². The third kappa shape index (κ3) is 3.40. The molecule has 3 nitrogen and oxygen atoms in total. The van der Waals surface area contributed by atoms with Crippen LogP contribution in [0.3, 0.4) is 0 Å². The first-order chi connectivity index (χ1) is 10.8. The lowest BCUT2D eigenvalue weighted by Gasteiger charge is -2.11. The maximum Gasteiger partial charge on any atom is 0.191 e. The fourth-order valence-corrected chi connectivity index (χ4v) is 3.83. The molecule has 1 aromatic carbocycles. The summed E-state index contributed by atoms with van der Waals surface area (Å²) >= 11 is 1.64. The van der Waals surface area contributed by atoms with Crippen molar-refractivity contribution in [1.82, 2.24) is 14.8 Å². The standard InChI is InChI=1S/C17H20FN3S/c1-2-11-21-16(14-5-3-4-6-14)19-20-17(21)22-12-13-7-9-15(18)10-8-13/h2,7-10,14H,1,3-6,11-12H2. The third-order valence-corrected chi connectivity index (χ3v) is 5.10. The SMILES string of the molecule is C=CCn1c(SCc2ccc(F)cc2)nnc1C1CCCC1. The molecule has 0 bridgehead atoms. The Balaban J connectivity index is 1.74. The summed E-state index contributed by atoms with van der Waals surface area (Å²) in [6.45, 7) is 4.59. The van der Waals surface area contributed by atoms with Crippen LogP contribution in [0, 0.1) is 5.82 Å². The van der Waals surface area contributed by atoms with E-state index in [4.69, 9.17) is 0 Å². The highest BCUT2D eigenvalue weighted by Gasteiger charge is 2.24. The van der Waals surface area contributed by atoms with Gasteiger partial charge in [-0.25, -0.2) is 4.39 Å². The summed E-state index contributed by atoms with van der Waals surface area (Å²) in [6, 6.07) is 6.62. The molecule has 5 heteroatoms. The molecule has 1 aliphatic carbocycles. The van der Waals surface area contributed by atoms with E-state index in [9.17, 15) is 4.39 Å². The van der Waals surface area contributed by atoms with Gasteiger partial charge >= 0.3 is 0 Å². The quantitative estimate of drug-likeness (QED) is 0.578. The molecule has 2 aromatic rings. The van der Waals surface area contributed by atoms with Crippen molar-refractivity contribution in [3.63, 3.8) is 0 Å². The van der Waals surface area contributed by atoms with Crippen LogP contribution in [0.4, 0.5) is 4.39 Å². The van der Waals surface area contributed by atoms with E-state index in [1.165, 1.54) is 37.8 Å². The maximum absolute atomic E-state index is 12.9. The van der Waals surface area contributed by atoms with Crippen molar-refractivity contribution >= 4 is 11.8 Å². The van der Waals surface area contributed by atoms with Gasteiger partial charge in [0.2, 0.25) is 0 Å². The summed E-state index contributed by atoms with van der Waals surface area (Å²) in [4.78, 5) is 0. The van der Waals surface area contributed by atoms with Crippen molar-refractivity contribution in [3.8, 4) is 0 Å². The Morgan fingerprint density at radius 2 is 1.95 bits per heavy atom. The Morgan fingerprint density at radius 1 is 1.23 bits per heavy atom. The Kier molecular flexibility index (Phi) is 4.93. The highest BCUT2D eigenvalue weighted by Crippen LogP contribution is 2.34. The number of hydrogen-bond acceptors (Lipinski definition) is 3. The Labute approximate surface area is 134 Å². The van der Waals surface area contributed by atoms with Gasteiger partial charge in [0.15, 0.2) is 5.16 Å². The van der Waals surface area contributed by atoms with E-state index in [2.05, 4.69) is 21.3 Å². The first kappa shape index (κ1) is 15.3. The molecule has 0 unspecified atom stereocenters. The van der Waals surface area contributed by atoms with Crippen molar-refractivity contribution in [2.75, 3.05) is 0 Å². The molecule has 22 heavy (non-hydrogen) atoms. The van der Waals surface area contributed by atoms with Gasteiger partial charge in [-0.15, -0.1) is 16.8 Å². The molecule has 1 fully saturated rings. The Bertz CT molecular complexity index is 630. The second-order valence-electron chi connectivity index (χ2n) is 5.64. The number of hydrogen-bond donors (Lipinski definition) is 0. The lowest BCUT2D eigenvalue weighted by Crippen LogP contribution is -2.07. The zero-order valence-electron chi connectivity index (χ0n) is 12.5. The van der Waals surface area contributed by atoms with Gasteiger partial charge in [-0.3, -0.25) is 0 Å². The zero-order chi connectivity index (χ0) is 15.4. The summed E-state index contributed by atoms with van der Waals surface area (Å²) in [5.74, 6) is 2.19. The molecule has 0 radical (unpaired) electrons. The third-order valence-electron chi connectivity index (χ3n) is 4.06. The van der Waals surface area contributed by atoms with Crippen LogP contribution in [0.25, 0.3) is 0 Å². The lowest BCUT2D eigenvalue weighted by molar-refractivity contribution is 0.594. The fraction of sp³-hybridized carbons (Fsp3) is 0.412. The first-order valence-electron chi connectivity index (χ1n) is 7.69. The van der Waals surface area contributed by atoms with Crippen LogP contribution in [0.2, 0.25) is 0 Å². The smallest absolute Gasteiger partial charge is 0.191 e. The minimum absolute atomic E-state index is 0.202. The number of rotatable bonds is 6. The van der Waals surface area contributed by atoms with E-state index in [0.29, 0.717) is 5.92 Å². The number of allylic oxidation sites excluding steroid dienone is 1. The first-order valence-corrected chi connectivity index (χ1v) is 8.67. The van der Waals surface area contributed by atoms with Crippen molar-refractivity contribution < 1.29 is 4.39 Å². The zero-order valence-corrected chi connectivity index (χ0v) is 13.4. The molecule has 0 atom stereocenters. The van der Waals surface area contributed by atoms with E-state index in [-0.39, 0.29) is 5.82 Å². The number of halogens is 1. The molecular formula is C17H20FN3S. The van der Waals surface area contributed by atoms with E-state index in [0.717, 1.165) is 28.8 Å². The van der Waals surface area contributed by atoms with Crippen molar-refractivity contribution in [1.29, 1.82) is 0 Å². The Hall–Kier alpha value is -1.62. The van der Waals surface area contributed by atoms with Crippen molar-refractivity contribution in [2.24, 2.45) is 0 Å². The highest BCUT2D eigenvalue weighted by atomic mass is 32.2. The van der Waals surface area contributed by atoms with Gasteiger partial charge in [0.1, 0.15) is 11.6 Å². The largest absolute Gasteiger partial charge is 0.302 e. The van der Waals surface area contributed by atoms with E-state index >= 15 is 0 Å². The highest BCUT2D eigenvalue weighted by molar-refractivity contribution is 7.98. The van der Waals surface area contributed by atoms with Crippen LogP contribution in [-0.4, -0.2) is 14.8 Å². The molecule has 0 aliphatic heterocycles. The van der Waals surface area contributed by atoms with E-state index in [1.54, 1.807) is 11.8 Å². The average molecular weight is 317 g/mol. The van der Waals surface area contributed by atoms with Gasteiger partial charge < -0.3 is 4.57 Å². The van der Waals surface area contributed by atoms with Gasteiger partial charge in [0, 0.05) is 18.2 Å². The van der Waals surface area contributed by atoms with Crippen LogP contribution in [0.5, 0.6) is 0 Å². The minimum Gasteiger partial charge on any atom is -0.302 e. The van der Waals surface area contributed by atoms with Crippen LogP contribution < -0.4 is 0 Å². The summed E-state index contributed by atoms with van der Waals surface area (Å²) in [5, 5.41) is 9.72. The molecule has 0 saturated heterocycles. The molecule has 0 amide bonds. The van der Waals surface area contributed by atoms with E-state index in [1.807, 2.05) is 18.2 Å². The topological polar surface area (TPSA) is 30.7 Å². The monoisotopic (exact) mass is 317 g/mol. The molecular weight excluding hydrogens is 297 g/mol. The van der Waals surface area contributed by atoms with Crippen molar-refractivity contribution in [2.45, 2.75) is 49.1 Å². The average Bonchev–Trinajstić information content (AvgIpc) is 3.17. The molecule has 0 N–H and O–H groups in total. The Morgan fingerprint density at radius 3 is 2.64 bits per heavy atom. The molecule has 3 rings (SSSR count). The number of nitrogens with zero attached hydrogens (tertiary/aromatic N) is 3. The van der Waals surface area contributed by atoms with Gasteiger partial charge in [-0.2, -0.15) is 0 Å². The van der Waals surface area contributed by atoms with E-state index < -0.39 is 0 Å². The van der Waals surface area contributed by atoms with Gasteiger partial charge in [0.25, 0.3) is 0 Å². The molecule has 1 saturated carbocycles. The summed E-state index contributed by atoms with van der Waals surface area (Å²) in [5.41, 5.74) is 1.09. The molecule has 116 valence electrons. The summed E-state index contributed by atoms with van der Waals surface area (Å²) in [6.07, 6.45) is 6.87. The van der Waals surface area contributed by atoms with Crippen LogP contribution >= 0.6 is 11.8 Å². The predicted octanol–water partition coefficient (Wildman–Crippen LogP) is 4.55. The molecule has 1 aliphatic rings. The molecule has 0 spiro atoms. The number of benzene rings is 1. The van der Waals surface area contributed by atoms with Gasteiger partial charge in [-0.1, -0.05) is 42.8 Å². The predicted molar refractivity (Wildman–Crippen MR) is 87.4 cm³/mol. The second-order valence-corrected chi connectivity index (χ2v) is 6.58. The summed E-state index contributed by atoms with van der Waals surface area (Å²) in [7, 11) is 0. The fourth-order valence-electron chi connectivity index (χ4n) is 2.92. The van der Waals surface area contributed by atoms with Gasteiger partial charge in [0.05, 0.1) is 0 Å². The summed E-state index contributed by atoms with van der Waals surface area (Å²) < 4.78 is 15.1. The number of aromatic nitrogens is 3. The van der Waals surface area contributed by atoms with Crippen molar-refractivity contribution in [3.05, 3.63) is 54.1 Å².